The maximum atomic E-state index is 14.9. The van der Waals surface area contributed by atoms with Crippen molar-refractivity contribution < 1.29 is 18.6 Å². The van der Waals surface area contributed by atoms with Gasteiger partial charge in [0.25, 0.3) is 7.37 Å². The summed E-state index contributed by atoms with van der Waals surface area (Å²) in [7, 11) is 3.64. The largest absolute Gasteiger partial charge is 0.497 e. The van der Waals surface area contributed by atoms with Crippen LogP contribution in [0.2, 0.25) is 0 Å². The van der Waals surface area contributed by atoms with Crippen molar-refractivity contribution in [2.75, 3.05) is 38.5 Å². The van der Waals surface area contributed by atoms with E-state index in [1.165, 1.54) is 0 Å². The molecule has 2 atom stereocenters. The molecule has 0 saturated heterocycles. The van der Waals surface area contributed by atoms with Gasteiger partial charge < -0.3 is 24.2 Å². The van der Waals surface area contributed by atoms with Crippen LogP contribution in [0.4, 0.5) is 11.4 Å². The summed E-state index contributed by atoms with van der Waals surface area (Å²) in [5.74, 6) is 0.531. The molecule has 0 saturated carbocycles. The lowest BCUT2D eigenvalue weighted by atomic mass is 10.1. The van der Waals surface area contributed by atoms with E-state index in [0.29, 0.717) is 22.4 Å². The summed E-state index contributed by atoms with van der Waals surface area (Å²) in [6.45, 7) is 3.78. The Bertz CT molecular complexity index is 1090. The summed E-state index contributed by atoms with van der Waals surface area (Å²) < 4.78 is 32.3. The van der Waals surface area contributed by atoms with Gasteiger partial charge in [-0.2, -0.15) is 0 Å². The maximum absolute atomic E-state index is 14.9. The predicted octanol–water partition coefficient (Wildman–Crippen LogP) is 5.91. The van der Waals surface area contributed by atoms with Crippen LogP contribution in [0.15, 0.2) is 72.8 Å². The van der Waals surface area contributed by atoms with Gasteiger partial charge in [-0.3, -0.25) is 4.57 Å². The zero-order chi connectivity index (χ0) is 24.0. The normalized spacial score (nSPS) is 13.8. The van der Waals surface area contributed by atoms with Gasteiger partial charge in [0.15, 0.2) is 0 Å². The van der Waals surface area contributed by atoms with Crippen LogP contribution < -0.4 is 25.0 Å². The second-order valence-corrected chi connectivity index (χ2v) is 10.6. The van der Waals surface area contributed by atoms with E-state index < -0.39 is 13.2 Å². The van der Waals surface area contributed by atoms with Gasteiger partial charge in [0.1, 0.15) is 17.3 Å². The van der Waals surface area contributed by atoms with E-state index in [4.69, 9.17) is 14.0 Å². The molecular weight excluding hydrogens is 435 g/mol. The summed E-state index contributed by atoms with van der Waals surface area (Å²) in [5, 5.41) is 4.09. The number of benzene rings is 3. The van der Waals surface area contributed by atoms with E-state index in [1.807, 2.05) is 106 Å². The second-order valence-electron chi connectivity index (χ2n) is 8.18. The molecule has 3 aromatic carbocycles. The molecule has 0 radical (unpaired) electrons. The third-order valence-corrected chi connectivity index (χ3v) is 8.08. The first-order valence-corrected chi connectivity index (χ1v) is 12.6. The van der Waals surface area contributed by atoms with Crippen LogP contribution >= 0.6 is 7.37 Å². The molecule has 1 N–H and O–H groups in total. The molecule has 0 aliphatic heterocycles. The van der Waals surface area contributed by atoms with E-state index >= 15 is 0 Å². The van der Waals surface area contributed by atoms with Gasteiger partial charge in [0, 0.05) is 36.3 Å². The predicted molar refractivity (Wildman–Crippen MR) is 137 cm³/mol. The number of nitrogens with zero attached hydrogens (tertiary/aromatic N) is 1. The zero-order valence-corrected chi connectivity index (χ0v) is 21.0. The van der Waals surface area contributed by atoms with Gasteiger partial charge in [0.05, 0.1) is 20.3 Å². The summed E-state index contributed by atoms with van der Waals surface area (Å²) in [5.41, 5.74) is 2.53. The molecule has 0 bridgehead atoms. The number of ether oxygens (including phenoxy) is 2. The summed E-state index contributed by atoms with van der Waals surface area (Å²) in [4.78, 5) is 2.00. The maximum Gasteiger partial charge on any atom is 0.258 e. The lowest BCUT2D eigenvalue weighted by Crippen LogP contribution is -2.23. The third kappa shape index (κ3) is 5.70. The van der Waals surface area contributed by atoms with E-state index in [-0.39, 0.29) is 6.10 Å². The molecule has 6 nitrogen and oxygen atoms in total. The highest BCUT2D eigenvalue weighted by Crippen LogP contribution is 2.61. The van der Waals surface area contributed by atoms with Crippen LogP contribution in [0.3, 0.4) is 0 Å². The number of methoxy groups -OCH3 is 2. The molecule has 2 unspecified atom stereocenters. The lowest BCUT2D eigenvalue weighted by Gasteiger charge is -2.32. The molecule has 0 amide bonds. The van der Waals surface area contributed by atoms with Crippen molar-refractivity contribution >= 4 is 24.0 Å². The molecule has 0 aliphatic rings. The average molecular weight is 469 g/mol. The van der Waals surface area contributed by atoms with Crippen LogP contribution in [0.25, 0.3) is 0 Å². The Labute approximate surface area is 196 Å². The smallest absolute Gasteiger partial charge is 0.258 e. The number of rotatable bonds is 10. The molecule has 7 heteroatoms. The fourth-order valence-corrected chi connectivity index (χ4v) is 6.25. The Morgan fingerprint density at radius 3 is 2.09 bits per heavy atom. The van der Waals surface area contributed by atoms with E-state index in [0.717, 1.165) is 11.4 Å². The Morgan fingerprint density at radius 2 is 1.55 bits per heavy atom. The van der Waals surface area contributed by atoms with Gasteiger partial charge >= 0.3 is 0 Å². The Hall–Kier alpha value is -2.95. The minimum Gasteiger partial charge on any atom is -0.497 e. The molecule has 33 heavy (non-hydrogen) atoms. The summed E-state index contributed by atoms with van der Waals surface area (Å²) >= 11 is 0. The quantitative estimate of drug-likeness (QED) is 0.373. The molecule has 3 aromatic rings. The highest BCUT2D eigenvalue weighted by molar-refractivity contribution is 7.67. The van der Waals surface area contributed by atoms with Gasteiger partial charge in [-0.1, -0.05) is 18.2 Å². The van der Waals surface area contributed by atoms with Crippen molar-refractivity contribution in [3.63, 3.8) is 0 Å². The van der Waals surface area contributed by atoms with Gasteiger partial charge in [-0.05, 0) is 68.4 Å². The summed E-state index contributed by atoms with van der Waals surface area (Å²) in [6.07, 6.45) is -0.263. The number of nitrogens with one attached hydrogen (secondary N) is 1. The zero-order valence-electron chi connectivity index (χ0n) is 20.1. The minimum absolute atomic E-state index is 0.263. The van der Waals surface area contributed by atoms with Crippen LogP contribution in [0.5, 0.6) is 11.5 Å². The third-order valence-electron chi connectivity index (χ3n) is 5.24. The number of anilines is 2. The number of hydrogen-bond donors (Lipinski definition) is 1. The van der Waals surface area contributed by atoms with Gasteiger partial charge in [0.2, 0.25) is 0 Å². The Balaban J connectivity index is 2.23. The van der Waals surface area contributed by atoms with Crippen molar-refractivity contribution in [2.45, 2.75) is 25.7 Å². The molecule has 0 fully saturated rings. The van der Waals surface area contributed by atoms with Crippen LogP contribution in [0.1, 0.15) is 25.2 Å². The van der Waals surface area contributed by atoms with Crippen molar-refractivity contribution in [1.29, 1.82) is 0 Å². The van der Waals surface area contributed by atoms with Crippen molar-refractivity contribution in [3.8, 4) is 11.5 Å². The van der Waals surface area contributed by atoms with Gasteiger partial charge in [-0.15, -0.1) is 0 Å². The fourth-order valence-electron chi connectivity index (χ4n) is 3.63. The highest BCUT2D eigenvalue weighted by Gasteiger charge is 2.40. The highest BCUT2D eigenvalue weighted by atomic mass is 31.2. The van der Waals surface area contributed by atoms with E-state index in [2.05, 4.69) is 5.32 Å². The summed E-state index contributed by atoms with van der Waals surface area (Å²) in [6, 6.07) is 22.8. The molecule has 0 heterocycles. The van der Waals surface area contributed by atoms with Crippen LogP contribution in [-0.2, 0) is 9.09 Å². The molecule has 0 aromatic heterocycles. The van der Waals surface area contributed by atoms with Crippen molar-refractivity contribution in [3.05, 3.63) is 78.4 Å². The SMILES string of the molecule is COc1ccc(OC)c(C(Nc2ccccc2)P(=O)(OC(C)C)c2ccc(N(C)C)cc2)c1. The first-order chi connectivity index (χ1) is 15.8. The first kappa shape index (κ1) is 24.7. The molecular formula is C26H33N2O4P. The van der Waals surface area contributed by atoms with Crippen LogP contribution in [0, 0.1) is 0 Å². The van der Waals surface area contributed by atoms with Crippen molar-refractivity contribution in [1.82, 2.24) is 0 Å². The number of hydrogen-bond acceptors (Lipinski definition) is 6. The number of para-hydroxylation sites is 1. The molecule has 3 rings (SSSR count). The monoisotopic (exact) mass is 468 g/mol. The lowest BCUT2D eigenvalue weighted by molar-refractivity contribution is 0.245. The average Bonchev–Trinajstić information content (AvgIpc) is 2.82. The Morgan fingerprint density at radius 1 is 0.879 bits per heavy atom. The van der Waals surface area contributed by atoms with Gasteiger partial charge in [-0.25, -0.2) is 0 Å². The standard InChI is InChI=1S/C26H33N2O4P/c1-19(2)32-33(29,23-15-12-21(13-16-23)28(3)4)26(27-20-10-8-7-9-11-20)24-18-22(30-5)14-17-25(24)31-6/h7-19,26-27H,1-6H3. The minimum atomic E-state index is -3.51. The molecule has 0 aliphatic carbocycles. The molecule has 0 spiro atoms. The Kier molecular flexibility index (Phi) is 8.06. The fraction of sp³-hybridized carbons (Fsp3) is 0.308. The van der Waals surface area contributed by atoms with E-state index in [1.54, 1.807) is 14.2 Å². The van der Waals surface area contributed by atoms with Crippen molar-refractivity contribution in [2.24, 2.45) is 0 Å². The van der Waals surface area contributed by atoms with E-state index in [9.17, 15) is 4.57 Å². The van der Waals surface area contributed by atoms with Crippen LogP contribution in [-0.4, -0.2) is 34.4 Å². The molecule has 176 valence electrons. The topological polar surface area (TPSA) is 60.0 Å². The first-order valence-electron chi connectivity index (χ1n) is 10.9. The second kappa shape index (κ2) is 10.8.